The summed E-state index contributed by atoms with van der Waals surface area (Å²) in [5.41, 5.74) is 0. The molecular formula is C14H28O. The molecule has 0 unspecified atom stereocenters. The third-order valence-corrected chi connectivity index (χ3v) is 2.19. The van der Waals surface area contributed by atoms with E-state index < -0.39 is 0 Å². The first-order valence-electron chi connectivity index (χ1n) is 6.37. The molecule has 0 aliphatic rings. The number of carbonyl (C=O) groups is 1. The number of allylic oxidation sites excluding steroid dienone is 1. The van der Waals surface area contributed by atoms with Crippen LogP contribution in [0.4, 0.5) is 0 Å². The number of hydrogen-bond acceptors (Lipinski definition) is 1. The lowest BCUT2D eigenvalue weighted by molar-refractivity contribution is -0.107. The van der Waals surface area contributed by atoms with Crippen molar-refractivity contribution in [3.63, 3.8) is 0 Å². The number of aldehydes is 1. The highest BCUT2D eigenvalue weighted by Gasteiger charge is 1.85. The van der Waals surface area contributed by atoms with Crippen LogP contribution >= 0.6 is 0 Å². The SMILES string of the molecule is C=CCCCC.CCCCCCCC=O. The normalized spacial score (nSPS) is 8.93. The van der Waals surface area contributed by atoms with Gasteiger partial charge in [0.25, 0.3) is 0 Å². The minimum absolute atomic E-state index is 0.754. The quantitative estimate of drug-likeness (QED) is 0.301. The first kappa shape index (κ1) is 16.8. The Morgan fingerprint density at radius 2 is 1.47 bits per heavy atom. The predicted octanol–water partition coefficient (Wildman–Crippen LogP) is 4.91. The first-order chi connectivity index (χ1) is 7.33. The summed E-state index contributed by atoms with van der Waals surface area (Å²) in [6.07, 6.45) is 13.7. The van der Waals surface area contributed by atoms with E-state index in [1.165, 1.54) is 44.9 Å². The zero-order valence-electron chi connectivity index (χ0n) is 10.6. The molecule has 0 N–H and O–H groups in total. The van der Waals surface area contributed by atoms with Gasteiger partial charge >= 0.3 is 0 Å². The van der Waals surface area contributed by atoms with E-state index in [0.717, 1.165) is 19.1 Å². The Hall–Kier alpha value is -0.590. The third-order valence-electron chi connectivity index (χ3n) is 2.19. The van der Waals surface area contributed by atoms with Gasteiger partial charge in [0.15, 0.2) is 0 Å². The van der Waals surface area contributed by atoms with Crippen LogP contribution in [0.5, 0.6) is 0 Å². The van der Waals surface area contributed by atoms with E-state index in [0.29, 0.717) is 0 Å². The van der Waals surface area contributed by atoms with Crippen molar-refractivity contribution in [2.75, 3.05) is 0 Å². The van der Waals surface area contributed by atoms with Crippen molar-refractivity contribution >= 4 is 6.29 Å². The summed E-state index contributed by atoms with van der Waals surface area (Å²) in [4.78, 5) is 9.84. The largest absolute Gasteiger partial charge is 0.303 e. The zero-order chi connectivity index (χ0) is 11.8. The van der Waals surface area contributed by atoms with Crippen molar-refractivity contribution in [1.82, 2.24) is 0 Å². The number of rotatable bonds is 9. The molecule has 0 spiro atoms. The van der Waals surface area contributed by atoms with Crippen molar-refractivity contribution in [3.8, 4) is 0 Å². The minimum atomic E-state index is 0.754. The van der Waals surface area contributed by atoms with Gasteiger partial charge in [-0.25, -0.2) is 0 Å². The molecule has 0 aromatic carbocycles. The molecule has 15 heavy (non-hydrogen) atoms. The van der Waals surface area contributed by atoms with E-state index in [4.69, 9.17) is 0 Å². The molecule has 0 amide bonds. The zero-order valence-corrected chi connectivity index (χ0v) is 10.6. The van der Waals surface area contributed by atoms with E-state index in [9.17, 15) is 4.79 Å². The Labute approximate surface area is 96.0 Å². The van der Waals surface area contributed by atoms with Crippen molar-refractivity contribution in [3.05, 3.63) is 12.7 Å². The van der Waals surface area contributed by atoms with Crippen molar-refractivity contribution in [1.29, 1.82) is 0 Å². The third kappa shape index (κ3) is 24.7. The molecule has 0 fully saturated rings. The monoisotopic (exact) mass is 212 g/mol. The van der Waals surface area contributed by atoms with Gasteiger partial charge in [-0.05, 0) is 12.8 Å². The molecule has 0 heterocycles. The smallest absolute Gasteiger partial charge is 0.119 e. The second-order valence-corrected chi connectivity index (χ2v) is 3.80. The second kappa shape index (κ2) is 19.1. The molecule has 0 aliphatic heterocycles. The molecule has 0 radical (unpaired) electrons. The number of carbonyl (C=O) groups excluding carboxylic acids is 1. The molecule has 90 valence electrons. The minimum Gasteiger partial charge on any atom is -0.303 e. The number of unbranched alkanes of at least 4 members (excludes halogenated alkanes) is 7. The van der Waals surface area contributed by atoms with Gasteiger partial charge in [0, 0.05) is 6.42 Å². The van der Waals surface area contributed by atoms with E-state index in [1.54, 1.807) is 0 Å². The van der Waals surface area contributed by atoms with E-state index >= 15 is 0 Å². The summed E-state index contributed by atoms with van der Waals surface area (Å²) in [5, 5.41) is 0. The highest BCUT2D eigenvalue weighted by atomic mass is 16.1. The van der Waals surface area contributed by atoms with Crippen LogP contribution in [0.25, 0.3) is 0 Å². The van der Waals surface area contributed by atoms with Gasteiger partial charge in [0.2, 0.25) is 0 Å². The van der Waals surface area contributed by atoms with Crippen LogP contribution in [0.2, 0.25) is 0 Å². The maximum Gasteiger partial charge on any atom is 0.119 e. The summed E-state index contributed by atoms with van der Waals surface area (Å²) in [7, 11) is 0. The van der Waals surface area contributed by atoms with Crippen molar-refractivity contribution in [2.45, 2.75) is 71.6 Å². The fraction of sp³-hybridized carbons (Fsp3) is 0.786. The highest BCUT2D eigenvalue weighted by Crippen LogP contribution is 2.02. The second-order valence-electron chi connectivity index (χ2n) is 3.80. The van der Waals surface area contributed by atoms with Crippen LogP contribution in [0.3, 0.4) is 0 Å². The lowest BCUT2D eigenvalue weighted by Crippen LogP contribution is -1.78. The van der Waals surface area contributed by atoms with Gasteiger partial charge in [0.1, 0.15) is 6.29 Å². The Balaban J connectivity index is 0. The summed E-state index contributed by atoms with van der Waals surface area (Å²) in [5.74, 6) is 0. The van der Waals surface area contributed by atoms with Gasteiger partial charge in [-0.3, -0.25) is 0 Å². The lowest BCUT2D eigenvalue weighted by Gasteiger charge is -1.93. The van der Waals surface area contributed by atoms with Gasteiger partial charge in [-0.1, -0.05) is 58.4 Å². The highest BCUT2D eigenvalue weighted by molar-refractivity contribution is 5.48. The average molecular weight is 212 g/mol. The van der Waals surface area contributed by atoms with Crippen molar-refractivity contribution in [2.24, 2.45) is 0 Å². The fourth-order valence-electron chi connectivity index (χ4n) is 1.18. The Morgan fingerprint density at radius 1 is 0.867 bits per heavy atom. The molecule has 0 aromatic rings. The maximum absolute atomic E-state index is 9.84. The first-order valence-corrected chi connectivity index (χ1v) is 6.37. The Bertz CT molecular complexity index is 119. The van der Waals surface area contributed by atoms with Crippen molar-refractivity contribution < 1.29 is 4.79 Å². The van der Waals surface area contributed by atoms with Gasteiger partial charge in [-0.2, -0.15) is 0 Å². The molecule has 0 saturated carbocycles. The topological polar surface area (TPSA) is 17.1 Å². The molecular weight excluding hydrogens is 184 g/mol. The number of hydrogen-bond donors (Lipinski definition) is 0. The summed E-state index contributed by atoms with van der Waals surface area (Å²) < 4.78 is 0. The summed E-state index contributed by atoms with van der Waals surface area (Å²) in [6, 6.07) is 0. The Kier molecular flexibility index (Phi) is 21.4. The molecule has 0 bridgehead atoms. The standard InChI is InChI=1S/C8H16O.C6H12/c1-2-3-4-5-6-7-8-9;1-3-5-6-4-2/h8H,2-7H2,1H3;3H,1,4-6H2,2H3. The maximum atomic E-state index is 9.84. The molecule has 1 heteroatoms. The average Bonchev–Trinajstić information content (AvgIpc) is 2.27. The van der Waals surface area contributed by atoms with E-state index in [2.05, 4.69) is 20.4 Å². The van der Waals surface area contributed by atoms with Gasteiger partial charge in [-0.15, -0.1) is 6.58 Å². The lowest BCUT2D eigenvalue weighted by atomic mass is 10.1. The fourth-order valence-corrected chi connectivity index (χ4v) is 1.18. The van der Waals surface area contributed by atoms with Crippen LogP contribution in [-0.4, -0.2) is 6.29 Å². The van der Waals surface area contributed by atoms with Gasteiger partial charge in [0.05, 0.1) is 0 Å². The van der Waals surface area contributed by atoms with Crippen LogP contribution in [0.15, 0.2) is 12.7 Å². The molecule has 0 aliphatic carbocycles. The molecule has 1 nitrogen and oxygen atoms in total. The summed E-state index contributed by atoms with van der Waals surface area (Å²) in [6.45, 7) is 7.98. The summed E-state index contributed by atoms with van der Waals surface area (Å²) >= 11 is 0. The van der Waals surface area contributed by atoms with E-state index in [-0.39, 0.29) is 0 Å². The Morgan fingerprint density at radius 3 is 1.87 bits per heavy atom. The van der Waals surface area contributed by atoms with Crippen LogP contribution < -0.4 is 0 Å². The molecule has 0 atom stereocenters. The van der Waals surface area contributed by atoms with Gasteiger partial charge < -0.3 is 4.79 Å². The van der Waals surface area contributed by atoms with E-state index in [1.807, 2.05) is 6.08 Å². The molecule has 0 aromatic heterocycles. The molecule has 0 rings (SSSR count). The molecule has 0 saturated heterocycles. The van der Waals surface area contributed by atoms with Crippen LogP contribution in [0, 0.1) is 0 Å². The predicted molar refractivity (Wildman–Crippen MR) is 69.2 cm³/mol. The van der Waals surface area contributed by atoms with Crippen LogP contribution in [-0.2, 0) is 4.79 Å². The van der Waals surface area contributed by atoms with Crippen LogP contribution in [0.1, 0.15) is 71.6 Å².